The van der Waals surface area contributed by atoms with E-state index in [2.05, 4.69) is 141 Å². The lowest BCUT2D eigenvalue weighted by Gasteiger charge is -2.38. The van der Waals surface area contributed by atoms with Gasteiger partial charge < -0.3 is 0 Å². The SMILES string of the molecule is CC(C)[Si](C#Cc1cc2c3c(c(C#C[Si](C(C)C)(C(C)C)C(C)C)cc4c3c1-c1sccc1C4)-c1sccc1C2)(C(C)C)C(C)C. The molecule has 4 aromatic rings. The molecule has 0 aliphatic heterocycles. The minimum Gasteiger partial charge on any atom is -0.143 e. The van der Waals surface area contributed by atoms with Crippen molar-refractivity contribution in [3.8, 4) is 43.8 Å². The molecule has 0 spiro atoms. The van der Waals surface area contributed by atoms with E-state index < -0.39 is 16.1 Å². The highest BCUT2D eigenvalue weighted by Gasteiger charge is 2.43. The molecule has 6 rings (SSSR count). The fraction of sp³-hybridized carbons (Fsp3) is 0.476. The number of rotatable bonds is 6. The number of hydrogen-bond donors (Lipinski definition) is 0. The normalized spacial score (nSPS) is 13.9. The van der Waals surface area contributed by atoms with Crippen molar-refractivity contribution in [3.63, 3.8) is 0 Å². The maximum Gasteiger partial charge on any atom is 0.146 e. The number of hydrogen-bond acceptors (Lipinski definition) is 2. The van der Waals surface area contributed by atoms with E-state index in [1.54, 1.807) is 0 Å². The van der Waals surface area contributed by atoms with Gasteiger partial charge in [-0.1, -0.05) is 94.9 Å². The van der Waals surface area contributed by atoms with E-state index in [0.29, 0.717) is 33.2 Å². The monoisotopic (exact) mass is 676 g/mol. The molecule has 0 atom stereocenters. The lowest BCUT2D eigenvalue weighted by molar-refractivity contribution is 0.838. The van der Waals surface area contributed by atoms with Crippen molar-refractivity contribution < 1.29 is 0 Å². The van der Waals surface area contributed by atoms with Crippen LogP contribution in [0.1, 0.15) is 116 Å². The zero-order valence-electron chi connectivity index (χ0n) is 30.2. The standard InChI is InChI=1S/C42H52S2Si2/c1-25(2)45(26(3)4,27(5)6)19-15-31-21-35-23-34-14-18-44-42(34)40-32(16-20-46(28(7)8,29(9)10)30(11)12)22-36-24-33-13-17-43-41(33)39(31)37(36)38(35)40/h13-14,17-18,21-22,25-30H,23-24H2,1-12H3. The van der Waals surface area contributed by atoms with Crippen LogP contribution in [0.15, 0.2) is 35.0 Å². The van der Waals surface area contributed by atoms with Gasteiger partial charge in [0.2, 0.25) is 0 Å². The van der Waals surface area contributed by atoms with Crippen molar-refractivity contribution in [3.05, 3.63) is 68.4 Å². The van der Waals surface area contributed by atoms with E-state index in [9.17, 15) is 0 Å². The molecule has 0 N–H and O–H groups in total. The van der Waals surface area contributed by atoms with Crippen LogP contribution in [0.5, 0.6) is 0 Å². The highest BCUT2D eigenvalue weighted by Crippen LogP contribution is 2.53. The van der Waals surface area contributed by atoms with Crippen LogP contribution in [-0.2, 0) is 12.8 Å². The summed E-state index contributed by atoms with van der Waals surface area (Å²) >= 11 is 3.81. The molecule has 0 bridgehead atoms. The first-order chi connectivity index (χ1) is 21.7. The summed E-state index contributed by atoms with van der Waals surface area (Å²) in [5.74, 6) is 7.93. The van der Waals surface area contributed by atoms with E-state index in [0.717, 1.165) is 12.8 Å². The number of benzene rings is 2. The Labute approximate surface area is 289 Å². The molecule has 0 nitrogen and oxygen atoms in total. The fourth-order valence-electron chi connectivity index (χ4n) is 9.76. The summed E-state index contributed by atoms with van der Waals surface area (Å²) in [6.45, 7) is 29.1. The molecule has 240 valence electrons. The highest BCUT2D eigenvalue weighted by molar-refractivity contribution is 7.14. The van der Waals surface area contributed by atoms with Gasteiger partial charge in [0.15, 0.2) is 0 Å². The Morgan fingerprint density at radius 3 is 1.13 bits per heavy atom. The molecule has 0 saturated carbocycles. The van der Waals surface area contributed by atoms with Crippen molar-refractivity contribution in [2.75, 3.05) is 0 Å². The Balaban J connectivity index is 1.71. The van der Waals surface area contributed by atoms with Gasteiger partial charge in [-0.25, -0.2) is 0 Å². The van der Waals surface area contributed by atoms with Gasteiger partial charge in [-0.15, -0.1) is 33.8 Å². The molecule has 46 heavy (non-hydrogen) atoms. The molecular formula is C42H52S2Si2. The fourth-order valence-corrected chi connectivity index (χ4v) is 22.2. The van der Waals surface area contributed by atoms with Gasteiger partial charge in [-0.05, 0) is 114 Å². The summed E-state index contributed by atoms with van der Waals surface area (Å²) in [5.41, 5.74) is 23.0. The highest BCUT2D eigenvalue weighted by atomic mass is 32.1. The van der Waals surface area contributed by atoms with Gasteiger partial charge in [0.25, 0.3) is 0 Å². The summed E-state index contributed by atoms with van der Waals surface area (Å²) in [4.78, 5) is 2.86. The maximum atomic E-state index is 4.11. The molecule has 0 unspecified atom stereocenters. The predicted octanol–water partition coefficient (Wildman–Crippen LogP) is 13.2. The topological polar surface area (TPSA) is 0 Å². The molecule has 2 aliphatic rings. The number of fused-ring (bicyclic) bond motifs is 4. The third-order valence-corrected chi connectivity index (χ3v) is 26.4. The smallest absolute Gasteiger partial charge is 0.143 e. The first kappa shape index (κ1) is 33.6. The molecule has 2 aromatic carbocycles. The lowest BCUT2D eigenvalue weighted by atomic mass is 9.77. The molecule has 0 fully saturated rings. The number of thiophene rings is 2. The van der Waals surface area contributed by atoms with E-state index in [-0.39, 0.29) is 0 Å². The molecule has 2 aromatic heterocycles. The third-order valence-electron chi connectivity index (χ3n) is 11.8. The van der Waals surface area contributed by atoms with Crippen molar-refractivity contribution in [2.24, 2.45) is 0 Å². The first-order valence-corrected chi connectivity index (χ1v) is 23.8. The van der Waals surface area contributed by atoms with Crippen LogP contribution in [0, 0.1) is 22.9 Å². The zero-order valence-corrected chi connectivity index (χ0v) is 33.8. The van der Waals surface area contributed by atoms with Gasteiger partial charge in [0.1, 0.15) is 16.1 Å². The average molecular weight is 677 g/mol. The van der Waals surface area contributed by atoms with Crippen LogP contribution in [0.25, 0.3) is 31.7 Å². The quantitative estimate of drug-likeness (QED) is 0.122. The summed E-state index contributed by atoms with van der Waals surface area (Å²) in [7, 11) is -3.78. The summed E-state index contributed by atoms with van der Waals surface area (Å²) in [6.07, 6.45) is 1.96. The summed E-state index contributed by atoms with van der Waals surface area (Å²) < 4.78 is 0. The van der Waals surface area contributed by atoms with E-state index in [1.807, 2.05) is 22.7 Å². The van der Waals surface area contributed by atoms with Gasteiger partial charge in [-0.3, -0.25) is 0 Å². The van der Waals surface area contributed by atoms with Gasteiger partial charge in [0.05, 0.1) is 0 Å². The lowest BCUT2D eigenvalue weighted by Crippen LogP contribution is -2.43. The minimum atomic E-state index is -1.89. The van der Waals surface area contributed by atoms with Crippen LogP contribution >= 0.6 is 22.7 Å². The molecule has 4 heteroatoms. The second-order valence-electron chi connectivity index (χ2n) is 15.9. The average Bonchev–Trinajstić information content (AvgIpc) is 3.64. The maximum absolute atomic E-state index is 4.11. The van der Waals surface area contributed by atoms with Gasteiger partial charge in [0, 0.05) is 32.0 Å². The summed E-state index contributed by atoms with van der Waals surface area (Å²) in [6, 6.07) is 9.71. The van der Waals surface area contributed by atoms with E-state index >= 15 is 0 Å². The minimum absolute atomic E-state index is 0.613. The first-order valence-electron chi connectivity index (χ1n) is 17.6. The molecule has 2 heterocycles. The van der Waals surface area contributed by atoms with E-state index in [4.69, 9.17) is 0 Å². The third kappa shape index (κ3) is 4.97. The molecule has 0 amide bonds. The van der Waals surface area contributed by atoms with Crippen molar-refractivity contribution >= 4 is 49.6 Å². The molecule has 0 saturated heterocycles. The molecular weight excluding hydrogens is 625 g/mol. The largest absolute Gasteiger partial charge is 0.146 e. The Bertz CT molecular complexity index is 1750. The Hall–Kier alpha value is -2.35. The molecule has 0 radical (unpaired) electrons. The van der Waals surface area contributed by atoms with Crippen molar-refractivity contribution in [1.82, 2.24) is 0 Å². The van der Waals surface area contributed by atoms with Crippen LogP contribution < -0.4 is 0 Å². The van der Waals surface area contributed by atoms with Crippen LogP contribution in [0.2, 0.25) is 33.2 Å². The van der Waals surface area contributed by atoms with Gasteiger partial charge >= 0.3 is 0 Å². The Morgan fingerprint density at radius 1 is 0.500 bits per heavy atom. The second kappa shape index (κ2) is 12.3. The van der Waals surface area contributed by atoms with Crippen molar-refractivity contribution in [1.29, 1.82) is 0 Å². The Kier molecular flexibility index (Phi) is 8.95. The predicted molar refractivity (Wildman–Crippen MR) is 212 cm³/mol. The van der Waals surface area contributed by atoms with Crippen LogP contribution in [-0.4, -0.2) is 16.1 Å². The zero-order chi connectivity index (χ0) is 33.3. The van der Waals surface area contributed by atoms with Crippen molar-refractivity contribution in [2.45, 2.75) is 129 Å². The molecule has 2 aliphatic carbocycles. The van der Waals surface area contributed by atoms with Crippen LogP contribution in [0.3, 0.4) is 0 Å². The Morgan fingerprint density at radius 2 is 0.826 bits per heavy atom. The van der Waals surface area contributed by atoms with E-state index in [1.165, 1.54) is 65.0 Å². The van der Waals surface area contributed by atoms with Crippen LogP contribution in [0.4, 0.5) is 0 Å². The van der Waals surface area contributed by atoms with Gasteiger partial charge in [-0.2, -0.15) is 0 Å². The summed E-state index contributed by atoms with van der Waals surface area (Å²) in [5, 5.41) is 7.51. The second-order valence-corrected chi connectivity index (χ2v) is 28.9.